The van der Waals surface area contributed by atoms with E-state index in [-0.39, 0.29) is 0 Å². The van der Waals surface area contributed by atoms with E-state index >= 15 is 0 Å². The van der Waals surface area contributed by atoms with Gasteiger partial charge in [-0.25, -0.2) is 9.97 Å². The van der Waals surface area contributed by atoms with Crippen LogP contribution in [-0.4, -0.2) is 36.3 Å². The highest BCUT2D eigenvalue weighted by molar-refractivity contribution is 5.48. The first-order valence-electron chi connectivity index (χ1n) is 7.13. The van der Waals surface area contributed by atoms with Crippen LogP contribution >= 0.6 is 0 Å². The van der Waals surface area contributed by atoms with Gasteiger partial charge in [0.05, 0.1) is 0 Å². The van der Waals surface area contributed by atoms with Gasteiger partial charge in [-0.3, -0.25) is 0 Å². The summed E-state index contributed by atoms with van der Waals surface area (Å²) in [5.41, 5.74) is 0. The highest BCUT2D eigenvalue weighted by Gasteiger charge is 2.15. The molecule has 1 heterocycles. The van der Waals surface area contributed by atoms with Crippen molar-refractivity contribution >= 4 is 11.6 Å². The molecule has 0 aliphatic heterocycles. The Bertz CT molecular complexity index is 391. The number of nitrogens with zero attached hydrogens (tertiary/aromatic N) is 2. The molecule has 0 atom stereocenters. The Morgan fingerprint density at radius 1 is 1.26 bits per heavy atom. The van der Waals surface area contributed by atoms with Crippen molar-refractivity contribution in [2.75, 3.05) is 30.9 Å². The summed E-state index contributed by atoms with van der Waals surface area (Å²) in [6.45, 7) is 3.57. The van der Waals surface area contributed by atoms with E-state index < -0.39 is 0 Å². The average Bonchev–Trinajstić information content (AvgIpc) is 2.87. The summed E-state index contributed by atoms with van der Waals surface area (Å²) >= 11 is 0. The summed E-state index contributed by atoms with van der Waals surface area (Å²) in [7, 11) is 1.72. The first-order valence-corrected chi connectivity index (χ1v) is 7.13. The Kier molecular flexibility index (Phi) is 5.39. The fourth-order valence-corrected chi connectivity index (χ4v) is 2.44. The predicted octanol–water partition coefficient (Wildman–Crippen LogP) is 2.59. The molecule has 0 saturated heterocycles. The lowest BCUT2D eigenvalue weighted by Crippen LogP contribution is -2.16. The fraction of sp³-hybridized carbons (Fsp3) is 0.714. The zero-order chi connectivity index (χ0) is 13.5. The van der Waals surface area contributed by atoms with Crippen LogP contribution in [0.15, 0.2) is 6.07 Å². The number of rotatable bonds is 7. The van der Waals surface area contributed by atoms with E-state index in [1.54, 1.807) is 7.11 Å². The van der Waals surface area contributed by atoms with Crippen LogP contribution in [0, 0.1) is 6.92 Å². The van der Waals surface area contributed by atoms with Gasteiger partial charge in [-0.1, -0.05) is 12.8 Å². The normalized spacial score (nSPS) is 15.7. The summed E-state index contributed by atoms with van der Waals surface area (Å²) in [5, 5.41) is 6.82. The quantitative estimate of drug-likeness (QED) is 0.741. The third-order valence-corrected chi connectivity index (χ3v) is 3.38. The van der Waals surface area contributed by atoms with Crippen molar-refractivity contribution in [3.8, 4) is 0 Å². The molecule has 0 spiro atoms. The molecule has 106 valence electrons. The SMILES string of the molecule is COCCCNc1cc(NC2CCCC2)nc(C)n1. The summed E-state index contributed by atoms with van der Waals surface area (Å²) in [6, 6.07) is 2.58. The minimum atomic E-state index is 0.579. The van der Waals surface area contributed by atoms with Gasteiger partial charge in [-0.15, -0.1) is 0 Å². The molecule has 0 aromatic carbocycles. The van der Waals surface area contributed by atoms with Crippen molar-refractivity contribution in [2.45, 2.75) is 45.1 Å². The molecule has 1 aliphatic carbocycles. The second kappa shape index (κ2) is 7.28. The Hall–Kier alpha value is -1.36. The van der Waals surface area contributed by atoms with Crippen molar-refractivity contribution < 1.29 is 4.74 Å². The maximum absolute atomic E-state index is 5.03. The molecular weight excluding hydrogens is 240 g/mol. The van der Waals surface area contributed by atoms with E-state index in [0.29, 0.717) is 6.04 Å². The molecule has 0 unspecified atom stereocenters. The summed E-state index contributed by atoms with van der Waals surface area (Å²) < 4.78 is 5.03. The monoisotopic (exact) mass is 264 g/mol. The molecule has 1 aromatic heterocycles. The van der Waals surface area contributed by atoms with Gasteiger partial charge in [0.15, 0.2) is 0 Å². The summed E-state index contributed by atoms with van der Waals surface area (Å²) in [4.78, 5) is 8.86. The van der Waals surface area contributed by atoms with E-state index in [4.69, 9.17) is 4.74 Å². The molecule has 1 aliphatic rings. The van der Waals surface area contributed by atoms with Crippen molar-refractivity contribution in [3.63, 3.8) is 0 Å². The number of ether oxygens (including phenoxy) is 1. The first kappa shape index (κ1) is 14.1. The second-order valence-electron chi connectivity index (χ2n) is 5.08. The molecule has 2 N–H and O–H groups in total. The topological polar surface area (TPSA) is 59.1 Å². The maximum atomic E-state index is 5.03. The highest BCUT2D eigenvalue weighted by atomic mass is 16.5. The third-order valence-electron chi connectivity index (χ3n) is 3.38. The molecule has 0 bridgehead atoms. The van der Waals surface area contributed by atoms with Crippen molar-refractivity contribution in [2.24, 2.45) is 0 Å². The van der Waals surface area contributed by atoms with E-state index in [1.807, 2.05) is 13.0 Å². The van der Waals surface area contributed by atoms with Gasteiger partial charge < -0.3 is 15.4 Å². The number of hydrogen-bond donors (Lipinski definition) is 2. The third kappa shape index (κ3) is 4.67. The Morgan fingerprint density at radius 2 is 2.00 bits per heavy atom. The van der Waals surface area contributed by atoms with E-state index in [1.165, 1.54) is 25.7 Å². The lowest BCUT2D eigenvalue weighted by molar-refractivity contribution is 0.198. The number of aryl methyl sites for hydroxylation is 1. The van der Waals surface area contributed by atoms with Gasteiger partial charge in [-0.05, 0) is 26.2 Å². The predicted molar refractivity (Wildman–Crippen MR) is 77.6 cm³/mol. The Balaban J connectivity index is 1.90. The number of anilines is 2. The lowest BCUT2D eigenvalue weighted by atomic mass is 10.2. The molecular formula is C14H24N4O. The van der Waals surface area contributed by atoms with Crippen LogP contribution in [0.5, 0.6) is 0 Å². The number of hydrogen-bond acceptors (Lipinski definition) is 5. The van der Waals surface area contributed by atoms with Crippen LogP contribution in [0.2, 0.25) is 0 Å². The summed E-state index contributed by atoms with van der Waals surface area (Å²) in [6.07, 6.45) is 6.12. The number of methoxy groups -OCH3 is 1. The van der Waals surface area contributed by atoms with Gasteiger partial charge in [0.2, 0.25) is 0 Å². The van der Waals surface area contributed by atoms with Crippen LogP contribution < -0.4 is 10.6 Å². The van der Waals surface area contributed by atoms with Crippen LogP contribution in [0.4, 0.5) is 11.6 Å². The first-order chi connectivity index (χ1) is 9.28. The standard InChI is InChI=1S/C14H24N4O/c1-11-16-13(15-8-5-9-19-2)10-14(17-11)18-12-6-3-4-7-12/h10,12H,3-9H2,1-2H3,(H2,15,16,17,18). The van der Waals surface area contributed by atoms with Crippen LogP contribution in [-0.2, 0) is 4.74 Å². The van der Waals surface area contributed by atoms with Crippen LogP contribution in [0.25, 0.3) is 0 Å². The lowest BCUT2D eigenvalue weighted by Gasteiger charge is -2.14. The molecule has 5 heteroatoms. The molecule has 0 amide bonds. The molecule has 1 fully saturated rings. The zero-order valence-corrected chi connectivity index (χ0v) is 11.9. The van der Waals surface area contributed by atoms with Crippen molar-refractivity contribution in [1.29, 1.82) is 0 Å². The molecule has 0 radical (unpaired) electrons. The molecule has 2 rings (SSSR count). The molecule has 1 saturated carbocycles. The van der Waals surface area contributed by atoms with Gasteiger partial charge in [0.1, 0.15) is 17.5 Å². The van der Waals surface area contributed by atoms with Crippen LogP contribution in [0.3, 0.4) is 0 Å². The van der Waals surface area contributed by atoms with Gasteiger partial charge in [0, 0.05) is 32.4 Å². The largest absolute Gasteiger partial charge is 0.385 e. The second-order valence-corrected chi connectivity index (χ2v) is 5.08. The molecule has 5 nitrogen and oxygen atoms in total. The maximum Gasteiger partial charge on any atom is 0.132 e. The number of aromatic nitrogens is 2. The van der Waals surface area contributed by atoms with E-state index in [9.17, 15) is 0 Å². The van der Waals surface area contributed by atoms with Gasteiger partial charge in [0.25, 0.3) is 0 Å². The minimum Gasteiger partial charge on any atom is -0.385 e. The van der Waals surface area contributed by atoms with Crippen molar-refractivity contribution in [1.82, 2.24) is 9.97 Å². The Labute approximate surface area is 115 Å². The summed E-state index contributed by atoms with van der Waals surface area (Å²) in [5.74, 6) is 2.63. The smallest absolute Gasteiger partial charge is 0.132 e. The van der Waals surface area contributed by atoms with Crippen molar-refractivity contribution in [3.05, 3.63) is 11.9 Å². The highest BCUT2D eigenvalue weighted by Crippen LogP contribution is 2.22. The minimum absolute atomic E-state index is 0.579. The number of nitrogens with one attached hydrogen (secondary N) is 2. The zero-order valence-electron chi connectivity index (χ0n) is 11.9. The molecule has 19 heavy (non-hydrogen) atoms. The van der Waals surface area contributed by atoms with E-state index in [0.717, 1.165) is 37.0 Å². The Morgan fingerprint density at radius 3 is 2.74 bits per heavy atom. The average molecular weight is 264 g/mol. The van der Waals surface area contributed by atoms with Gasteiger partial charge in [-0.2, -0.15) is 0 Å². The van der Waals surface area contributed by atoms with Crippen LogP contribution in [0.1, 0.15) is 37.9 Å². The van der Waals surface area contributed by atoms with E-state index in [2.05, 4.69) is 20.6 Å². The van der Waals surface area contributed by atoms with Gasteiger partial charge >= 0.3 is 0 Å². The fourth-order valence-electron chi connectivity index (χ4n) is 2.44. The molecule has 1 aromatic rings.